The Kier molecular flexibility index (Phi) is 3.69. The van der Waals surface area contributed by atoms with Crippen LogP contribution < -0.4 is 0 Å². The van der Waals surface area contributed by atoms with Crippen LogP contribution in [0.2, 0.25) is 5.15 Å². The second-order valence-electron chi connectivity index (χ2n) is 6.04. The monoisotopic (exact) mass is 447 g/mol. The van der Waals surface area contributed by atoms with Gasteiger partial charge in [0.2, 0.25) is 0 Å². The first-order valence-corrected chi connectivity index (χ1v) is 8.67. The predicted octanol–water partition coefficient (Wildman–Crippen LogP) is 3.29. The third-order valence-corrected chi connectivity index (χ3v) is 5.19. The normalized spacial score (nSPS) is 32.3. The number of hydrogen-bond donors (Lipinski definition) is 0. The third-order valence-electron chi connectivity index (χ3n) is 4.09. The average Bonchev–Trinajstić information content (AvgIpc) is 3.08. The Morgan fingerprint density at radius 3 is 2.83 bits per heavy atom. The van der Waals surface area contributed by atoms with Gasteiger partial charge in [0.25, 0.3) is 0 Å². The molecular weight excluding hydrogens is 433 g/mol. The Labute approximate surface area is 151 Å². The lowest BCUT2D eigenvalue weighted by Crippen LogP contribution is -2.27. The van der Waals surface area contributed by atoms with E-state index >= 15 is 0 Å². The largest absolute Gasteiger partial charge is 0.345 e. The molecule has 0 amide bonds. The molecule has 4 rings (SSSR count). The lowest BCUT2D eigenvalue weighted by Gasteiger charge is -2.24. The number of aromatic nitrogens is 3. The van der Waals surface area contributed by atoms with E-state index in [2.05, 4.69) is 39.1 Å². The lowest BCUT2D eigenvalue weighted by molar-refractivity contribution is -0.191. The van der Waals surface area contributed by atoms with Gasteiger partial charge in [-0.15, -0.1) is 6.58 Å². The van der Waals surface area contributed by atoms with Crippen LogP contribution in [-0.2, 0) is 14.2 Å². The van der Waals surface area contributed by atoms with Crippen molar-refractivity contribution in [3.8, 4) is 0 Å². The van der Waals surface area contributed by atoms with E-state index < -0.39 is 5.79 Å². The molecule has 2 aliphatic rings. The quantitative estimate of drug-likeness (QED) is 0.402. The summed E-state index contributed by atoms with van der Waals surface area (Å²) >= 11 is 8.43. The Hall–Kier alpha value is -0.740. The highest BCUT2D eigenvalue weighted by molar-refractivity contribution is 14.1. The predicted molar refractivity (Wildman–Crippen MR) is 93.2 cm³/mol. The maximum atomic E-state index is 6.21. The molecule has 2 aromatic heterocycles. The first kappa shape index (κ1) is 15.8. The number of ether oxygens (including phenoxy) is 3. The summed E-state index contributed by atoms with van der Waals surface area (Å²) < 4.78 is 21.1. The molecule has 0 aromatic carbocycles. The molecular formula is C15H15ClIN3O3. The van der Waals surface area contributed by atoms with Crippen LogP contribution in [0.1, 0.15) is 20.1 Å². The van der Waals surface area contributed by atoms with E-state index in [1.54, 1.807) is 6.08 Å². The minimum Gasteiger partial charge on any atom is -0.345 e. The van der Waals surface area contributed by atoms with Gasteiger partial charge in [-0.05, 0) is 36.4 Å². The first-order valence-electron chi connectivity index (χ1n) is 7.21. The van der Waals surface area contributed by atoms with Crippen LogP contribution in [0.3, 0.4) is 0 Å². The van der Waals surface area contributed by atoms with Gasteiger partial charge >= 0.3 is 0 Å². The van der Waals surface area contributed by atoms with E-state index in [-0.39, 0.29) is 24.5 Å². The molecule has 0 N–H and O–H groups in total. The minimum absolute atomic E-state index is 0.195. The molecule has 8 heteroatoms. The van der Waals surface area contributed by atoms with Crippen LogP contribution in [0.15, 0.2) is 25.2 Å². The van der Waals surface area contributed by atoms with Crippen LogP contribution in [0.5, 0.6) is 0 Å². The summed E-state index contributed by atoms with van der Waals surface area (Å²) in [6.07, 6.45) is 4.12. The van der Waals surface area contributed by atoms with Crippen molar-refractivity contribution in [1.82, 2.24) is 14.5 Å². The van der Waals surface area contributed by atoms with Crippen molar-refractivity contribution in [2.45, 2.75) is 44.2 Å². The first-order chi connectivity index (χ1) is 10.9. The van der Waals surface area contributed by atoms with Gasteiger partial charge in [0.05, 0.1) is 5.39 Å². The molecule has 0 saturated carbocycles. The van der Waals surface area contributed by atoms with Gasteiger partial charge in [0.15, 0.2) is 12.0 Å². The molecule has 6 nitrogen and oxygen atoms in total. The van der Waals surface area contributed by atoms with Crippen LogP contribution in [0, 0.1) is 3.57 Å². The SMILES string of the molecule is C=C[C@H]1O[C@@H](n2cc(I)c3c(Cl)ncnc32)[C@@H]2OC(C)(C)O[C@@H]21. The van der Waals surface area contributed by atoms with Crippen LogP contribution in [0.25, 0.3) is 11.0 Å². The van der Waals surface area contributed by atoms with E-state index in [4.69, 9.17) is 25.8 Å². The summed E-state index contributed by atoms with van der Waals surface area (Å²) in [4.78, 5) is 8.42. The standard InChI is InChI=1S/C15H15ClIN3O3/c1-4-8-10-11(23-15(2,3)22-10)14(21-8)20-5-7(17)9-12(16)18-6-19-13(9)20/h4-6,8,10-11,14H,1H2,2-3H3/t8-,10-,11-,14-/m1/s1. The number of rotatable bonds is 2. The Morgan fingerprint density at radius 1 is 1.35 bits per heavy atom. The second-order valence-corrected chi connectivity index (χ2v) is 7.56. The van der Waals surface area contributed by atoms with Gasteiger partial charge in [0, 0.05) is 9.77 Å². The highest BCUT2D eigenvalue weighted by Gasteiger charge is 2.55. The van der Waals surface area contributed by atoms with Crippen LogP contribution >= 0.6 is 34.2 Å². The fourth-order valence-electron chi connectivity index (χ4n) is 3.22. The lowest BCUT2D eigenvalue weighted by atomic mass is 10.1. The number of hydrogen-bond acceptors (Lipinski definition) is 5. The van der Waals surface area contributed by atoms with Crippen LogP contribution in [0.4, 0.5) is 0 Å². The summed E-state index contributed by atoms with van der Waals surface area (Å²) in [6.45, 7) is 7.65. The topological polar surface area (TPSA) is 58.4 Å². The van der Waals surface area contributed by atoms with Crippen molar-refractivity contribution >= 4 is 45.2 Å². The van der Waals surface area contributed by atoms with Crippen molar-refractivity contribution in [3.05, 3.63) is 33.9 Å². The van der Waals surface area contributed by atoms with Gasteiger partial charge in [-0.3, -0.25) is 0 Å². The van der Waals surface area contributed by atoms with Crippen molar-refractivity contribution in [3.63, 3.8) is 0 Å². The Balaban J connectivity index is 1.82. The molecule has 0 radical (unpaired) electrons. The van der Waals surface area contributed by atoms with Gasteiger partial charge in [-0.2, -0.15) is 0 Å². The fourth-order valence-corrected chi connectivity index (χ4v) is 4.41. The van der Waals surface area contributed by atoms with Crippen LogP contribution in [-0.4, -0.2) is 38.6 Å². The van der Waals surface area contributed by atoms with E-state index in [0.717, 1.165) is 14.6 Å². The molecule has 4 heterocycles. The molecule has 4 atom stereocenters. The number of nitrogens with zero attached hydrogens (tertiary/aromatic N) is 3. The highest BCUT2D eigenvalue weighted by atomic mass is 127. The number of fused-ring (bicyclic) bond motifs is 2. The molecule has 0 bridgehead atoms. The van der Waals surface area contributed by atoms with E-state index in [0.29, 0.717) is 5.15 Å². The van der Waals surface area contributed by atoms with Gasteiger partial charge in [-0.1, -0.05) is 17.7 Å². The Bertz CT molecular complexity index is 794. The van der Waals surface area contributed by atoms with Gasteiger partial charge in [0.1, 0.15) is 35.4 Å². The molecule has 0 aliphatic carbocycles. The zero-order valence-corrected chi connectivity index (χ0v) is 15.5. The summed E-state index contributed by atoms with van der Waals surface area (Å²) in [6, 6.07) is 0. The van der Waals surface area contributed by atoms with Crippen molar-refractivity contribution in [2.24, 2.45) is 0 Å². The average molecular weight is 448 g/mol. The molecule has 122 valence electrons. The van der Waals surface area contributed by atoms with E-state index in [1.165, 1.54) is 6.33 Å². The van der Waals surface area contributed by atoms with Gasteiger partial charge < -0.3 is 18.8 Å². The minimum atomic E-state index is -0.651. The zero-order chi connectivity index (χ0) is 16.4. The summed E-state index contributed by atoms with van der Waals surface area (Å²) in [5.74, 6) is -0.651. The zero-order valence-electron chi connectivity index (χ0n) is 12.6. The smallest absolute Gasteiger partial charge is 0.165 e. The van der Waals surface area contributed by atoms with E-state index in [1.807, 2.05) is 24.6 Å². The maximum absolute atomic E-state index is 6.21. The molecule has 0 spiro atoms. The summed E-state index contributed by atoms with van der Waals surface area (Å²) in [5.41, 5.74) is 0.719. The Morgan fingerprint density at radius 2 is 2.09 bits per heavy atom. The third kappa shape index (κ3) is 2.41. The molecule has 2 fully saturated rings. The van der Waals surface area contributed by atoms with Gasteiger partial charge in [-0.25, -0.2) is 9.97 Å². The van der Waals surface area contributed by atoms with Crippen molar-refractivity contribution in [1.29, 1.82) is 0 Å². The molecule has 0 unspecified atom stereocenters. The molecule has 2 aliphatic heterocycles. The second kappa shape index (κ2) is 5.38. The van der Waals surface area contributed by atoms with Crippen molar-refractivity contribution < 1.29 is 14.2 Å². The van der Waals surface area contributed by atoms with Crippen molar-refractivity contribution in [2.75, 3.05) is 0 Å². The molecule has 23 heavy (non-hydrogen) atoms. The summed E-state index contributed by atoms with van der Waals surface area (Å²) in [7, 11) is 0. The fraction of sp³-hybridized carbons (Fsp3) is 0.467. The molecule has 2 aromatic rings. The number of halogens is 2. The maximum Gasteiger partial charge on any atom is 0.165 e. The summed E-state index contributed by atoms with van der Waals surface area (Å²) in [5, 5.41) is 1.24. The van der Waals surface area contributed by atoms with E-state index in [9.17, 15) is 0 Å². The molecule has 2 saturated heterocycles. The highest BCUT2D eigenvalue weighted by Crippen LogP contribution is 2.44.